The Morgan fingerprint density at radius 2 is 1.77 bits per heavy atom. The molecule has 0 aromatic heterocycles. The van der Waals surface area contributed by atoms with Crippen LogP contribution in [0.5, 0.6) is 0 Å². The molecule has 0 aliphatic carbocycles. The van der Waals surface area contributed by atoms with Crippen LogP contribution < -0.4 is 16.0 Å². The molecular weight excluding hydrogens is 448 g/mol. The van der Waals surface area contributed by atoms with Crippen molar-refractivity contribution in [2.45, 2.75) is 71.6 Å². The molecule has 3 N–H and O–H groups in total. The number of carbonyl (C=O) groups excluding carboxylic acids is 3. The Morgan fingerprint density at radius 3 is 2.34 bits per heavy atom. The molecule has 1 aromatic carbocycles. The molecule has 9 heteroatoms. The third-order valence-corrected chi connectivity index (χ3v) is 6.06. The summed E-state index contributed by atoms with van der Waals surface area (Å²) in [5.74, 6) is -0.443. The summed E-state index contributed by atoms with van der Waals surface area (Å²) in [6.45, 7) is 11.4. The zero-order valence-corrected chi connectivity index (χ0v) is 21.4. The Morgan fingerprint density at radius 1 is 1.11 bits per heavy atom. The second-order valence-corrected chi connectivity index (χ2v) is 9.94. The Labute approximate surface area is 207 Å². The van der Waals surface area contributed by atoms with Crippen molar-refractivity contribution in [3.8, 4) is 0 Å². The lowest BCUT2D eigenvalue weighted by Crippen LogP contribution is -2.50. The predicted octanol–water partition coefficient (Wildman–Crippen LogP) is 3.41. The van der Waals surface area contributed by atoms with E-state index in [0.717, 1.165) is 24.8 Å². The standard InChI is InChI=1S/C26H38N4O5/c1-6-17-8-10-18(11-9-17)22-21(23(31)34-7-2)20(28-24(32)29-22)16-30-14-12-19(13-15-30)27-25(33)35-26(3,4)5/h8-11,19,22H,6-7,12-16H2,1-5H3,(H,27,33)(H2,28,29,32)/t22-/m1/s1. The molecule has 0 radical (unpaired) electrons. The van der Waals surface area contributed by atoms with Crippen molar-refractivity contribution in [1.82, 2.24) is 20.9 Å². The zero-order valence-electron chi connectivity index (χ0n) is 21.4. The molecule has 1 fully saturated rings. The Kier molecular flexibility index (Phi) is 8.77. The van der Waals surface area contributed by atoms with E-state index in [2.05, 4.69) is 27.8 Å². The number of amides is 3. The lowest BCUT2D eigenvalue weighted by molar-refractivity contribution is -0.139. The van der Waals surface area contributed by atoms with Crippen LogP contribution >= 0.6 is 0 Å². The molecule has 0 bridgehead atoms. The largest absolute Gasteiger partial charge is 0.463 e. The molecule has 1 atom stereocenters. The number of urea groups is 1. The van der Waals surface area contributed by atoms with E-state index in [1.807, 2.05) is 45.0 Å². The minimum absolute atomic E-state index is 0.0204. The number of ether oxygens (including phenoxy) is 2. The summed E-state index contributed by atoms with van der Waals surface area (Å²) in [5, 5.41) is 8.66. The van der Waals surface area contributed by atoms with Crippen molar-refractivity contribution in [1.29, 1.82) is 0 Å². The molecule has 1 saturated heterocycles. The number of rotatable bonds is 7. The third-order valence-electron chi connectivity index (χ3n) is 6.06. The highest BCUT2D eigenvalue weighted by Gasteiger charge is 2.35. The monoisotopic (exact) mass is 486 g/mol. The number of piperidine rings is 1. The number of nitrogens with zero attached hydrogens (tertiary/aromatic N) is 1. The highest BCUT2D eigenvalue weighted by atomic mass is 16.6. The quantitative estimate of drug-likeness (QED) is 0.510. The number of carbonyl (C=O) groups is 3. The summed E-state index contributed by atoms with van der Waals surface area (Å²) < 4.78 is 10.7. The summed E-state index contributed by atoms with van der Waals surface area (Å²) in [6, 6.07) is 6.99. The van der Waals surface area contributed by atoms with Crippen LogP contribution in [0.1, 0.15) is 64.6 Å². The number of aryl methyl sites for hydroxylation is 1. The van der Waals surface area contributed by atoms with Gasteiger partial charge in [0.2, 0.25) is 0 Å². The van der Waals surface area contributed by atoms with Gasteiger partial charge in [0.1, 0.15) is 5.60 Å². The Balaban J connectivity index is 1.74. The van der Waals surface area contributed by atoms with Gasteiger partial charge in [-0.15, -0.1) is 0 Å². The van der Waals surface area contributed by atoms with Crippen molar-refractivity contribution in [2.75, 3.05) is 26.2 Å². The van der Waals surface area contributed by atoms with Gasteiger partial charge in [-0.3, -0.25) is 4.90 Å². The third kappa shape index (κ3) is 7.45. The molecule has 3 amide bonds. The summed E-state index contributed by atoms with van der Waals surface area (Å²) in [5.41, 5.74) is 2.44. The van der Waals surface area contributed by atoms with Crippen LogP contribution in [0.3, 0.4) is 0 Å². The molecule has 2 aliphatic rings. The van der Waals surface area contributed by atoms with E-state index in [1.165, 1.54) is 5.56 Å². The molecule has 2 aliphatic heterocycles. The van der Waals surface area contributed by atoms with Crippen LogP contribution in [0.25, 0.3) is 0 Å². The molecule has 2 heterocycles. The number of benzene rings is 1. The summed E-state index contributed by atoms with van der Waals surface area (Å²) in [4.78, 5) is 39.8. The van der Waals surface area contributed by atoms with Crippen LogP contribution in [0.2, 0.25) is 0 Å². The van der Waals surface area contributed by atoms with Gasteiger partial charge in [0.05, 0.1) is 18.2 Å². The minimum atomic E-state index is -0.588. The van der Waals surface area contributed by atoms with Crippen LogP contribution in [-0.4, -0.2) is 60.9 Å². The fourth-order valence-electron chi connectivity index (χ4n) is 4.32. The second-order valence-electron chi connectivity index (χ2n) is 9.94. The van der Waals surface area contributed by atoms with E-state index >= 15 is 0 Å². The van der Waals surface area contributed by atoms with Crippen LogP contribution in [0.4, 0.5) is 9.59 Å². The van der Waals surface area contributed by atoms with Crippen molar-refractivity contribution in [3.63, 3.8) is 0 Å². The van der Waals surface area contributed by atoms with Gasteiger partial charge < -0.3 is 25.4 Å². The lowest BCUT2D eigenvalue weighted by Gasteiger charge is -2.35. The molecule has 1 aromatic rings. The van der Waals surface area contributed by atoms with Crippen molar-refractivity contribution in [3.05, 3.63) is 46.7 Å². The van der Waals surface area contributed by atoms with Gasteiger partial charge >= 0.3 is 18.1 Å². The first-order valence-electron chi connectivity index (χ1n) is 12.4. The van der Waals surface area contributed by atoms with Crippen molar-refractivity contribution < 1.29 is 23.9 Å². The van der Waals surface area contributed by atoms with E-state index < -0.39 is 23.7 Å². The van der Waals surface area contributed by atoms with Gasteiger partial charge in [0, 0.05) is 31.4 Å². The van der Waals surface area contributed by atoms with E-state index in [4.69, 9.17) is 9.47 Å². The average Bonchev–Trinajstić information content (AvgIpc) is 2.79. The van der Waals surface area contributed by atoms with Crippen molar-refractivity contribution in [2.24, 2.45) is 0 Å². The molecule has 0 spiro atoms. The van der Waals surface area contributed by atoms with Gasteiger partial charge in [-0.2, -0.15) is 0 Å². The maximum atomic E-state index is 13.0. The summed E-state index contributed by atoms with van der Waals surface area (Å²) in [6.07, 6.45) is 1.99. The minimum Gasteiger partial charge on any atom is -0.463 e. The first-order valence-corrected chi connectivity index (χ1v) is 12.4. The highest BCUT2D eigenvalue weighted by Crippen LogP contribution is 2.29. The topological polar surface area (TPSA) is 109 Å². The number of hydrogen-bond donors (Lipinski definition) is 3. The number of likely N-dealkylation sites (tertiary alicyclic amines) is 1. The number of alkyl carbamates (subject to hydrolysis) is 1. The van der Waals surface area contributed by atoms with Gasteiger partial charge in [-0.25, -0.2) is 14.4 Å². The van der Waals surface area contributed by atoms with Gasteiger partial charge in [-0.1, -0.05) is 31.2 Å². The first-order chi connectivity index (χ1) is 16.6. The number of esters is 1. The first kappa shape index (κ1) is 26.5. The maximum Gasteiger partial charge on any atom is 0.407 e. The van der Waals surface area contributed by atoms with Crippen LogP contribution in [0, 0.1) is 0 Å². The molecule has 0 unspecified atom stereocenters. The fourth-order valence-corrected chi connectivity index (χ4v) is 4.32. The Bertz CT molecular complexity index is 943. The van der Waals surface area contributed by atoms with Gasteiger partial charge in [0.15, 0.2) is 0 Å². The van der Waals surface area contributed by atoms with Gasteiger partial charge in [0.25, 0.3) is 0 Å². The molecule has 9 nitrogen and oxygen atoms in total. The molecule has 3 rings (SSSR count). The summed E-state index contributed by atoms with van der Waals surface area (Å²) >= 11 is 0. The van der Waals surface area contributed by atoms with E-state index in [1.54, 1.807) is 6.92 Å². The van der Waals surface area contributed by atoms with E-state index in [-0.39, 0.29) is 18.7 Å². The summed E-state index contributed by atoms with van der Waals surface area (Å²) in [7, 11) is 0. The number of nitrogens with one attached hydrogen (secondary N) is 3. The van der Waals surface area contributed by atoms with E-state index in [0.29, 0.717) is 30.9 Å². The maximum absolute atomic E-state index is 13.0. The molecule has 0 saturated carbocycles. The molecular formula is C26H38N4O5. The van der Waals surface area contributed by atoms with Gasteiger partial charge in [-0.05, 0) is 58.1 Å². The van der Waals surface area contributed by atoms with Crippen molar-refractivity contribution >= 4 is 18.1 Å². The molecule has 35 heavy (non-hydrogen) atoms. The molecule has 192 valence electrons. The van der Waals surface area contributed by atoms with Crippen LogP contribution in [0.15, 0.2) is 35.5 Å². The smallest absolute Gasteiger partial charge is 0.407 e. The Hall–Kier alpha value is -3.07. The average molecular weight is 487 g/mol. The van der Waals surface area contributed by atoms with Crippen LogP contribution in [-0.2, 0) is 20.7 Å². The zero-order chi connectivity index (χ0) is 25.6. The van der Waals surface area contributed by atoms with E-state index in [9.17, 15) is 14.4 Å². The predicted molar refractivity (Wildman–Crippen MR) is 133 cm³/mol. The normalized spacial score (nSPS) is 19.6. The lowest BCUT2D eigenvalue weighted by atomic mass is 9.93. The second kappa shape index (κ2) is 11.6. The number of hydrogen-bond acceptors (Lipinski definition) is 6. The SMILES string of the molecule is CCOC(=O)C1=C(CN2CCC(NC(=O)OC(C)(C)C)CC2)NC(=O)N[C@@H]1c1ccc(CC)cc1. The highest BCUT2D eigenvalue weighted by molar-refractivity contribution is 5.95. The fraction of sp³-hybridized carbons (Fsp3) is 0.577.